The molecule has 1 saturated heterocycles. The van der Waals surface area contributed by atoms with Crippen LogP contribution in [0.3, 0.4) is 0 Å². The molecule has 1 fully saturated rings. The van der Waals surface area contributed by atoms with Crippen LogP contribution >= 0.6 is 6.49 Å². The van der Waals surface area contributed by atoms with Gasteiger partial charge < -0.3 is 24.1 Å². The highest BCUT2D eigenvalue weighted by molar-refractivity contribution is 8.10. The monoisotopic (exact) mass is 402 g/mol. The summed E-state index contributed by atoms with van der Waals surface area (Å²) in [4.78, 5) is 3.34. The van der Waals surface area contributed by atoms with Gasteiger partial charge in [0.05, 0.1) is 19.8 Å². The van der Waals surface area contributed by atoms with Gasteiger partial charge >= 0.3 is 0 Å². The molecule has 7 heteroatoms. The molecule has 27 heavy (non-hydrogen) atoms. The number of ether oxygens (including phenoxy) is 1. The summed E-state index contributed by atoms with van der Waals surface area (Å²) in [6.45, 7) is 0.0993. The summed E-state index contributed by atoms with van der Waals surface area (Å²) in [5.41, 5.74) is 3.08. The van der Waals surface area contributed by atoms with Crippen LogP contribution in [-0.4, -0.2) is 24.8 Å². The fraction of sp³-hybridized carbons (Fsp3) is 0.300. The number of fused-ring (bicyclic) bond motifs is 1. The number of nitrogens with one attached hydrogen (secondary N) is 2. The van der Waals surface area contributed by atoms with Gasteiger partial charge in [0.1, 0.15) is 11.5 Å². The van der Waals surface area contributed by atoms with Gasteiger partial charge in [-0.1, -0.05) is 18.2 Å². The average molecular weight is 402 g/mol. The van der Waals surface area contributed by atoms with E-state index in [2.05, 4.69) is 29.4 Å². The summed E-state index contributed by atoms with van der Waals surface area (Å²) in [7, 11) is 1.66. The number of para-hydroxylation sites is 1. The van der Waals surface area contributed by atoms with E-state index in [1.807, 2.05) is 42.6 Å². The molecular weight excluding hydrogens is 379 g/mol. The maximum absolute atomic E-state index is 6.23. The molecule has 0 aliphatic carbocycles. The quantitative estimate of drug-likeness (QED) is 0.558. The molecule has 4 rings (SSSR count). The number of methoxy groups -OCH3 is 1. The van der Waals surface area contributed by atoms with Crippen LogP contribution in [0.1, 0.15) is 24.7 Å². The predicted molar refractivity (Wildman–Crippen MR) is 113 cm³/mol. The molecule has 3 atom stereocenters. The van der Waals surface area contributed by atoms with E-state index in [0.717, 1.165) is 34.3 Å². The molecule has 1 aliphatic heterocycles. The normalized spacial score (nSPS) is 23.9. The number of aromatic amines is 1. The van der Waals surface area contributed by atoms with E-state index < -0.39 is 6.49 Å². The van der Waals surface area contributed by atoms with Crippen molar-refractivity contribution in [3.05, 3.63) is 60.3 Å². The number of rotatable bonds is 5. The maximum Gasteiger partial charge on any atom is 0.216 e. The minimum absolute atomic E-state index is 0.0926. The van der Waals surface area contributed by atoms with Crippen molar-refractivity contribution >= 4 is 34.9 Å². The number of anilines is 1. The van der Waals surface area contributed by atoms with Gasteiger partial charge in [-0.3, -0.25) is 0 Å². The lowest BCUT2D eigenvalue weighted by Gasteiger charge is -2.37. The molecule has 0 amide bonds. The Morgan fingerprint density at radius 3 is 2.74 bits per heavy atom. The first-order valence-electron chi connectivity index (χ1n) is 8.98. The zero-order valence-corrected chi connectivity index (χ0v) is 17.1. The van der Waals surface area contributed by atoms with Crippen molar-refractivity contribution in [1.82, 2.24) is 4.98 Å². The van der Waals surface area contributed by atoms with Gasteiger partial charge in [0.2, 0.25) is 6.49 Å². The highest BCUT2D eigenvalue weighted by atomic mass is 32.5. The SMILES string of the molecule is COc1ccc(NC(c2c[nH]c3ccccc23)P2(=S)OCCC(C)O2)cc1. The summed E-state index contributed by atoms with van der Waals surface area (Å²) >= 11 is 5.98. The topological polar surface area (TPSA) is 55.5 Å². The maximum atomic E-state index is 6.23. The fourth-order valence-corrected chi connectivity index (χ4v) is 6.63. The Balaban J connectivity index is 1.76. The second-order valence-corrected chi connectivity index (χ2v) is 10.2. The summed E-state index contributed by atoms with van der Waals surface area (Å²) in [6, 6.07) is 16.0. The Labute approximate surface area is 164 Å². The molecule has 0 spiro atoms. The van der Waals surface area contributed by atoms with Crippen molar-refractivity contribution in [3.63, 3.8) is 0 Å². The molecule has 5 nitrogen and oxygen atoms in total. The van der Waals surface area contributed by atoms with E-state index in [1.165, 1.54) is 0 Å². The fourth-order valence-electron chi connectivity index (χ4n) is 3.31. The third-order valence-corrected chi connectivity index (χ3v) is 8.19. The van der Waals surface area contributed by atoms with Crippen molar-refractivity contribution in [2.75, 3.05) is 19.0 Å². The average Bonchev–Trinajstić information content (AvgIpc) is 3.10. The Hall–Kier alpha value is -1.85. The van der Waals surface area contributed by atoms with Gasteiger partial charge in [-0.15, -0.1) is 0 Å². The highest BCUT2D eigenvalue weighted by Crippen LogP contribution is 2.64. The molecule has 0 radical (unpaired) electrons. The molecule has 1 aliphatic rings. The molecule has 2 heterocycles. The van der Waals surface area contributed by atoms with Crippen LogP contribution in [0.25, 0.3) is 10.9 Å². The number of H-pyrrole nitrogens is 1. The van der Waals surface area contributed by atoms with Crippen LogP contribution in [0.5, 0.6) is 5.75 Å². The standard InChI is InChI=1S/C20H23N2O3PS/c1-14-11-12-24-26(27,25-14)20(22-15-7-9-16(23-2)10-8-15)18-13-21-19-6-4-3-5-17(18)19/h3-10,13-14,20-22H,11-12H2,1-2H3. The zero-order chi connectivity index (χ0) is 18.9. The van der Waals surface area contributed by atoms with Crippen molar-refractivity contribution in [2.24, 2.45) is 0 Å². The first kappa shape index (κ1) is 18.5. The first-order valence-corrected chi connectivity index (χ1v) is 11.7. The van der Waals surface area contributed by atoms with Gasteiger partial charge in [0.15, 0.2) is 0 Å². The second kappa shape index (κ2) is 7.64. The van der Waals surface area contributed by atoms with Gasteiger partial charge in [-0.2, -0.15) is 0 Å². The Morgan fingerprint density at radius 1 is 1.22 bits per heavy atom. The lowest BCUT2D eigenvalue weighted by Crippen LogP contribution is -2.23. The van der Waals surface area contributed by atoms with E-state index >= 15 is 0 Å². The molecule has 3 aromatic rings. The van der Waals surface area contributed by atoms with Gasteiger partial charge in [-0.25, -0.2) is 0 Å². The van der Waals surface area contributed by atoms with E-state index in [-0.39, 0.29) is 11.9 Å². The number of hydrogen-bond acceptors (Lipinski definition) is 5. The van der Waals surface area contributed by atoms with Crippen molar-refractivity contribution in [3.8, 4) is 5.75 Å². The molecule has 142 valence electrons. The molecule has 2 aromatic carbocycles. The van der Waals surface area contributed by atoms with Crippen molar-refractivity contribution < 1.29 is 13.8 Å². The second-order valence-electron chi connectivity index (χ2n) is 6.64. The van der Waals surface area contributed by atoms with E-state index in [0.29, 0.717) is 6.61 Å². The van der Waals surface area contributed by atoms with Gasteiger partial charge in [-0.05, 0) is 55.5 Å². The van der Waals surface area contributed by atoms with E-state index in [1.54, 1.807) is 7.11 Å². The molecule has 0 saturated carbocycles. The van der Waals surface area contributed by atoms with Crippen LogP contribution in [0.4, 0.5) is 5.69 Å². The van der Waals surface area contributed by atoms with Crippen molar-refractivity contribution in [1.29, 1.82) is 0 Å². The largest absolute Gasteiger partial charge is 0.497 e. The van der Waals surface area contributed by atoms with Crippen LogP contribution < -0.4 is 10.1 Å². The Morgan fingerprint density at radius 2 is 2.00 bits per heavy atom. The highest BCUT2D eigenvalue weighted by Gasteiger charge is 2.38. The molecule has 3 unspecified atom stereocenters. The zero-order valence-electron chi connectivity index (χ0n) is 15.3. The van der Waals surface area contributed by atoms with E-state index in [4.69, 9.17) is 25.6 Å². The van der Waals surface area contributed by atoms with Crippen LogP contribution in [0.2, 0.25) is 0 Å². The molecule has 2 N–H and O–H groups in total. The lowest BCUT2D eigenvalue weighted by atomic mass is 10.1. The molecular formula is C20H23N2O3PS. The van der Waals surface area contributed by atoms with Crippen LogP contribution in [-0.2, 0) is 20.9 Å². The summed E-state index contributed by atoms with van der Waals surface area (Å²) in [5.74, 6) is 0.561. The summed E-state index contributed by atoms with van der Waals surface area (Å²) in [5, 5.41) is 4.70. The number of aromatic nitrogens is 1. The predicted octanol–water partition coefficient (Wildman–Crippen LogP) is 5.42. The lowest BCUT2D eigenvalue weighted by molar-refractivity contribution is 0.115. The van der Waals surface area contributed by atoms with Gasteiger partial charge in [0, 0.05) is 28.4 Å². The third kappa shape index (κ3) is 3.76. The molecule has 1 aromatic heterocycles. The Kier molecular flexibility index (Phi) is 5.24. The van der Waals surface area contributed by atoms with Crippen LogP contribution in [0.15, 0.2) is 54.7 Å². The minimum atomic E-state index is -2.59. The number of hydrogen-bond donors (Lipinski definition) is 2. The Bertz CT molecular complexity index is 973. The van der Waals surface area contributed by atoms with Gasteiger partial charge in [0.25, 0.3) is 0 Å². The van der Waals surface area contributed by atoms with Crippen LogP contribution in [0, 0.1) is 0 Å². The van der Waals surface area contributed by atoms with E-state index in [9.17, 15) is 0 Å². The van der Waals surface area contributed by atoms with Crippen molar-refractivity contribution in [2.45, 2.75) is 25.2 Å². The third-order valence-electron chi connectivity index (χ3n) is 4.75. The molecule has 0 bridgehead atoms. The smallest absolute Gasteiger partial charge is 0.216 e. The number of benzene rings is 2. The first-order chi connectivity index (χ1) is 13.1. The summed E-state index contributed by atoms with van der Waals surface area (Å²) < 4.78 is 17.6. The minimum Gasteiger partial charge on any atom is -0.497 e. The summed E-state index contributed by atoms with van der Waals surface area (Å²) in [6.07, 6.45) is 2.96.